The van der Waals surface area contributed by atoms with E-state index in [1.807, 2.05) is 13.8 Å². The van der Waals surface area contributed by atoms with E-state index in [1.54, 1.807) is 0 Å². The first-order chi connectivity index (χ1) is 9.35. The van der Waals surface area contributed by atoms with Gasteiger partial charge in [0.2, 0.25) is 15.9 Å². The zero-order chi connectivity index (χ0) is 15.2. The topological polar surface area (TPSA) is 88.2 Å². The smallest absolute Gasteiger partial charge is 0.242 e. The molecule has 0 spiro atoms. The number of carbonyl (C=O) groups is 1. The highest BCUT2D eigenvalue weighted by atomic mass is 35.5. The highest BCUT2D eigenvalue weighted by molar-refractivity contribution is 7.89. The third kappa shape index (κ3) is 5.44. The molecule has 1 heterocycles. The highest BCUT2D eigenvalue weighted by Gasteiger charge is 2.14. The van der Waals surface area contributed by atoms with Crippen LogP contribution < -0.4 is 10.0 Å². The van der Waals surface area contributed by atoms with Crippen LogP contribution in [0.4, 0.5) is 0 Å². The molecule has 0 aliphatic heterocycles. The number of nitrogens with zero attached hydrogens (tertiary/aromatic N) is 1. The lowest BCUT2D eigenvalue weighted by molar-refractivity contribution is -0.121. The molecule has 0 radical (unpaired) electrons. The van der Waals surface area contributed by atoms with Gasteiger partial charge in [0.15, 0.2) is 0 Å². The van der Waals surface area contributed by atoms with Crippen molar-refractivity contribution in [3.63, 3.8) is 0 Å². The van der Waals surface area contributed by atoms with Crippen LogP contribution in [0.15, 0.2) is 23.2 Å². The monoisotopic (exact) mass is 319 g/mol. The summed E-state index contributed by atoms with van der Waals surface area (Å²) in [4.78, 5) is 15.2. The second-order valence-corrected chi connectivity index (χ2v) is 6.50. The summed E-state index contributed by atoms with van der Waals surface area (Å²) in [6, 6.07) is 2.84. The van der Waals surface area contributed by atoms with Crippen molar-refractivity contribution in [2.75, 3.05) is 6.54 Å². The maximum atomic E-state index is 11.9. The molecule has 1 unspecified atom stereocenters. The van der Waals surface area contributed by atoms with E-state index >= 15 is 0 Å². The fourth-order valence-electron chi connectivity index (χ4n) is 1.35. The number of halogens is 1. The van der Waals surface area contributed by atoms with Crippen LogP contribution in [0.5, 0.6) is 0 Å². The molecule has 1 aromatic rings. The first-order valence-electron chi connectivity index (χ1n) is 6.25. The van der Waals surface area contributed by atoms with Crippen LogP contribution >= 0.6 is 11.6 Å². The van der Waals surface area contributed by atoms with Crippen molar-refractivity contribution >= 4 is 27.5 Å². The number of rotatable bonds is 7. The van der Waals surface area contributed by atoms with Gasteiger partial charge in [-0.05, 0) is 25.5 Å². The lowest BCUT2D eigenvalue weighted by Crippen LogP contribution is -2.35. The maximum Gasteiger partial charge on any atom is 0.242 e. The van der Waals surface area contributed by atoms with Crippen LogP contribution in [0.1, 0.15) is 26.7 Å². The lowest BCUT2D eigenvalue weighted by Gasteiger charge is -2.11. The standard InChI is InChI=1S/C12H18ClN3O3S/c1-3-9(2)16-12(17)6-7-15-20(18,19)10-4-5-11(13)14-8-10/h4-5,8-9,15H,3,6-7H2,1-2H3,(H,16,17). The van der Waals surface area contributed by atoms with Crippen molar-refractivity contribution in [2.45, 2.75) is 37.6 Å². The SMILES string of the molecule is CCC(C)NC(=O)CCNS(=O)(=O)c1ccc(Cl)nc1. The lowest BCUT2D eigenvalue weighted by atomic mass is 10.2. The molecular weight excluding hydrogens is 302 g/mol. The van der Waals surface area contributed by atoms with Gasteiger partial charge in [0, 0.05) is 25.2 Å². The molecule has 1 rings (SSSR count). The second kappa shape index (κ2) is 7.56. The molecular formula is C12H18ClN3O3S. The van der Waals surface area contributed by atoms with Gasteiger partial charge in [-0.15, -0.1) is 0 Å². The minimum absolute atomic E-state index is 0.0178. The maximum absolute atomic E-state index is 11.9. The molecule has 112 valence electrons. The zero-order valence-electron chi connectivity index (χ0n) is 11.4. The van der Waals surface area contributed by atoms with E-state index in [0.717, 1.165) is 6.42 Å². The Kier molecular flexibility index (Phi) is 6.38. The molecule has 1 aromatic heterocycles. The Labute approximate surface area is 124 Å². The van der Waals surface area contributed by atoms with E-state index in [0.29, 0.717) is 0 Å². The summed E-state index contributed by atoms with van der Waals surface area (Å²) in [5, 5.41) is 2.98. The van der Waals surface area contributed by atoms with Gasteiger partial charge in [-0.3, -0.25) is 4.79 Å². The second-order valence-electron chi connectivity index (χ2n) is 4.34. The zero-order valence-corrected chi connectivity index (χ0v) is 13.0. The largest absolute Gasteiger partial charge is 0.354 e. The van der Waals surface area contributed by atoms with E-state index in [4.69, 9.17) is 11.6 Å². The molecule has 0 fully saturated rings. The van der Waals surface area contributed by atoms with Crippen molar-refractivity contribution < 1.29 is 13.2 Å². The molecule has 2 N–H and O–H groups in total. The predicted octanol–water partition coefficient (Wildman–Crippen LogP) is 1.32. The fraction of sp³-hybridized carbons (Fsp3) is 0.500. The Morgan fingerprint density at radius 1 is 1.45 bits per heavy atom. The number of carbonyl (C=O) groups excluding carboxylic acids is 1. The number of nitrogens with one attached hydrogen (secondary N) is 2. The highest BCUT2D eigenvalue weighted by Crippen LogP contribution is 2.10. The van der Waals surface area contributed by atoms with Crippen molar-refractivity contribution in [2.24, 2.45) is 0 Å². The first-order valence-corrected chi connectivity index (χ1v) is 8.12. The summed E-state index contributed by atoms with van der Waals surface area (Å²) in [5.41, 5.74) is 0. The van der Waals surface area contributed by atoms with Gasteiger partial charge < -0.3 is 5.32 Å². The van der Waals surface area contributed by atoms with Gasteiger partial charge in [-0.1, -0.05) is 18.5 Å². The molecule has 0 saturated carbocycles. The summed E-state index contributed by atoms with van der Waals surface area (Å²) in [5.74, 6) is -0.184. The summed E-state index contributed by atoms with van der Waals surface area (Å²) >= 11 is 5.59. The summed E-state index contributed by atoms with van der Waals surface area (Å²) in [6.07, 6.45) is 2.09. The predicted molar refractivity (Wildman–Crippen MR) is 76.9 cm³/mol. The van der Waals surface area contributed by atoms with Crippen molar-refractivity contribution in [3.8, 4) is 0 Å². The summed E-state index contributed by atoms with van der Waals surface area (Å²) < 4.78 is 26.1. The van der Waals surface area contributed by atoms with E-state index in [9.17, 15) is 13.2 Å². The normalized spacial score (nSPS) is 12.9. The van der Waals surface area contributed by atoms with Gasteiger partial charge in [-0.2, -0.15) is 0 Å². The average Bonchev–Trinajstić information content (AvgIpc) is 2.38. The van der Waals surface area contributed by atoms with Crippen LogP contribution in [0.3, 0.4) is 0 Å². The van der Waals surface area contributed by atoms with E-state index in [2.05, 4.69) is 15.0 Å². The third-order valence-corrected chi connectivity index (χ3v) is 4.34. The minimum Gasteiger partial charge on any atom is -0.354 e. The minimum atomic E-state index is -3.66. The molecule has 0 aliphatic rings. The van der Waals surface area contributed by atoms with Crippen LogP contribution in [0.25, 0.3) is 0 Å². The Balaban J connectivity index is 2.48. The van der Waals surface area contributed by atoms with E-state index < -0.39 is 10.0 Å². The quantitative estimate of drug-likeness (QED) is 0.742. The Bertz CT molecular complexity index is 546. The molecule has 0 saturated heterocycles. The van der Waals surface area contributed by atoms with Crippen LogP contribution in [-0.4, -0.2) is 31.9 Å². The molecule has 1 amide bonds. The molecule has 0 aromatic carbocycles. The number of aromatic nitrogens is 1. The fourth-order valence-corrected chi connectivity index (χ4v) is 2.44. The molecule has 6 nitrogen and oxygen atoms in total. The number of pyridine rings is 1. The summed E-state index contributed by atoms with van der Waals surface area (Å²) in [7, 11) is -3.66. The van der Waals surface area contributed by atoms with Gasteiger partial charge in [-0.25, -0.2) is 18.1 Å². The molecule has 20 heavy (non-hydrogen) atoms. The van der Waals surface area contributed by atoms with Crippen molar-refractivity contribution in [1.29, 1.82) is 0 Å². The number of hydrogen-bond donors (Lipinski definition) is 2. The summed E-state index contributed by atoms with van der Waals surface area (Å²) in [6.45, 7) is 3.88. The van der Waals surface area contributed by atoms with Gasteiger partial charge in [0.25, 0.3) is 0 Å². The van der Waals surface area contributed by atoms with Gasteiger partial charge in [0.1, 0.15) is 10.0 Å². The van der Waals surface area contributed by atoms with Gasteiger partial charge in [0.05, 0.1) is 0 Å². The van der Waals surface area contributed by atoms with Crippen molar-refractivity contribution in [1.82, 2.24) is 15.0 Å². The molecule has 0 bridgehead atoms. The number of sulfonamides is 1. The van der Waals surface area contributed by atoms with E-state index in [1.165, 1.54) is 18.3 Å². The molecule has 8 heteroatoms. The van der Waals surface area contributed by atoms with Gasteiger partial charge >= 0.3 is 0 Å². The first kappa shape index (κ1) is 16.9. The molecule has 1 atom stereocenters. The number of hydrogen-bond acceptors (Lipinski definition) is 4. The Morgan fingerprint density at radius 2 is 2.15 bits per heavy atom. The number of amides is 1. The van der Waals surface area contributed by atoms with E-state index in [-0.39, 0.29) is 35.0 Å². The average molecular weight is 320 g/mol. The Hall–Kier alpha value is -1.18. The third-order valence-electron chi connectivity index (χ3n) is 2.67. The van der Waals surface area contributed by atoms with Crippen molar-refractivity contribution in [3.05, 3.63) is 23.5 Å². The van der Waals surface area contributed by atoms with Crippen LogP contribution in [-0.2, 0) is 14.8 Å². The molecule has 0 aliphatic carbocycles. The Morgan fingerprint density at radius 3 is 2.70 bits per heavy atom. The van der Waals surface area contributed by atoms with Crippen LogP contribution in [0.2, 0.25) is 5.15 Å². The van der Waals surface area contributed by atoms with Crippen LogP contribution in [0, 0.1) is 0 Å².